The molecule has 0 aliphatic heterocycles. The lowest BCUT2D eigenvalue weighted by Gasteiger charge is -2.09. The molecule has 0 bridgehead atoms. The molecule has 13 heteroatoms. The van der Waals surface area contributed by atoms with Gasteiger partial charge in [-0.3, -0.25) is 9.35 Å². The van der Waals surface area contributed by atoms with Crippen molar-refractivity contribution in [3.63, 3.8) is 0 Å². The lowest BCUT2D eigenvalue weighted by molar-refractivity contribution is -0.127. The van der Waals surface area contributed by atoms with Crippen LogP contribution in [0.1, 0.15) is 21.5 Å². The molecule has 2 N–H and O–H groups in total. The molecule has 1 amide bonds. The van der Waals surface area contributed by atoms with Gasteiger partial charge in [0, 0.05) is 22.4 Å². The molecule has 0 aliphatic carbocycles. The van der Waals surface area contributed by atoms with Crippen molar-refractivity contribution in [1.82, 2.24) is 9.97 Å². The van der Waals surface area contributed by atoms with Gasteiger partial charge in [0.15, 0.2) is 0 Å². The second-order valence-electron chi connectivity index (χ2n) is 9.78. The minimum atomic E-state index is -4.42. The number of nitrogens with zero attached hydrogens (tertiary/aromatic N) is 2. The van der Waals surface area contributed by atoms with Crippen molar-refractivity contribution in [2.75, 3.05) is 5.32 Å². The molecule has 7 nitrogen and oxygen atoms in total. The van der Waals surface area contributed by atoms with E-state index < -0.39 is 28.6 Å². The van der Waals surface area contributed by atoms with E-state index in [2.05, 4.69) is 10.3 Å². The van der Waals surface area contributed by atoms with Gasteiger partial charge in [-0.1, -0.05) is 18.2 Å². The lowest BCUT2D eigenvalue weighted by atomic mass is 10.1. The third kappa shape index (κ3) is 6.15. The number of carbonyl (C=O) groups is 1. The van der Waals surface area contributed by atoms with Gasteiger partial charge in [-0.2, -0.15) is 21.6 Å². The van der Waals surface area contributed by atoms with E-state index in [-0.39, 0.29) is 16.0 Å². The van der Waals surface area contributed by atoms with Crippen LogP contribution in [0.4, 0.5) is 18.9 Å². The predicted molar refractivity (Wildman–Crippen MR) is 162 cm³/mol. The fraction of sp³-hybridized carbons (Fsp3) is 0.100. The molecule has 0 radical (unpaired) electrons. The van der Waals surface area contributed by atoms with Crippen molar-refractivity contribution in [2.45, 2.75) is 24.4 Å². The zero-order valence-corrected chi connectivity index (χ0v) is 24.6. The normalized spacial score (nSPS) is 12.2. The molecular formula is C30H20F3N3O4S3. The molecule has 0 unspecified atom stereocenters. The van der Waals surface area contributed by atoms with E-state index in [9.17, 15) is 30.9 Å². The Hall–Kier alpha value is -4.17. The highest BCUT2D eigenvalue weighted by Gasteiger charge is 2.28. The van der Waals surface area contributed by atoms with Crippen LogP contribution >= 0.6 is 22.7 Å². The monoisotopic (exact) mass is 639 g/mol. The van der Waals surface area contributed by atoms with Crippen LogP contribution < -0.4 is 5.32 Å². The first-order chi connectivity index (χ1) is 20.3. The van der Waals surface area contributed by atoms with Crippen LogP contribution in [-0.2, 0) is 16.5 Å². The number of nitrogens with one attached hydrogen (secondary N) is 1. The number of anilines is 1. The number of thiazole rings is 2. The Bertz CT molecular complexity index is 2140. The Morgan fingerprint density at radius 1 is 0.884 bits per heavy atom. The average Bonchev–Trinajstić information content (AvgIpc) is 3.56. The number of fused-ring (bicyclic) bond motifs is 2. The number of alkyl halides is 3. The van der Waals surface area contributed by atoms with E-state index in [0.717, 1.165) is 26.4 Å². The Morgan fingerprint density at radius 2 is 1.56 bits per heavy atom. The number of hydrogen-bond acceptors (Lipinski definition) is 7. The van der Waals surface area contributed by atoms with E-state index in [4.69, 9.17) is 4.98 Å². The average molecular weight is 640 g/mol. The van der Waals surface area contributed by atoms with Gasteiger partial charge in [0.1, 0.15) is 14.9 Å². The largest absolute Gasteiger partial charge is 0.393 e. The molecule has 2 heterocycles. The molecular weight excluding hydrogens is 620 g/mol. The summed E-state index contributed by atoms with van der Waals surface area (Å²) in [5.74, 6) is -0.516. The topological polar surface area (TPSA) is 109 Å². The summed E-state index contributed by atoms with van der Waals surface area (Å²) in [6.07, 6.45) is -5.47. The summed E-state index contributed by atoms with van der Waals surface area (Å²) in [6.45, 7) is 1.62. The van der Waals surface area contributed by atoms with Crippen LogP contribution in [-0.4, -0.2) is 35.0 Å². The molecule has 2 aromatic heterocycles. The summed E-state index contributed by atoms with van der Waals surface area (Å²) in [5.41, 5.74) is 3.88. The van der Waals surface area contributed by atoms with Crippen LogP contribution in [0.15, 0.2) is 83.8 Å². The second kappa shape index (κ2) is 10.8. The second-order valence-corrected chi connectivity index (χ2v) is 13.2. The highest BCUT2D eigenvalue weighted by molar-refractivity contribution is 7.86. The number of rotatable bonds is 6. The van der Waals surface area contributed by atoms with Gasteiger partial charge in [-0.25, -0.2) is 9.97 Å². The maximum atomic E-state index is 12.7. The standard InChI is InChI=1S/C30H20F3N3O4S3/c1-16-5-11-23-25(26(16)43(38,39)40)42-29(36-23)20-8-12-22-24(14-20)41-28(35-22)18-6-9-21(10-7-18)34-27(37)19-4-2-3-17(13-19)15-30(31,32)33/h2-14H,15H2,1H3,(H,34,37)(H,38,39,40). The minimum absolute atomic E-state index is 0.00979. The first-order valence-corrected chi connectivity index (χ1v) is 15.8. The van der Waals surface area contributed by atoms with Crippen molar-refractivity contribution >= 4 is 64.8 Å². The van der Waals surface area contributed by atoms with Crippen LogP contribution in [0.3, 0.4) is 0 Å². The molecule has 6 aromatic rings. The van der Waals surface area contributed by atoms with Gasteiger partial charge in [0.05, 0.1) is 26.9 Å². The van der Waals surface area contributed by atoms with E-state index in [1.807, 2.05) is 18.2 Å². The third-order valence-corrected chi connectivity index (χ3v) is 9.96. The molecule has 0 fully saturated rings. The van der Waals surface area contributed by atoms with Crippen molar-refractivity contribution in [1.29, 1.82) is 0 Å². The SMILES string of the molecule is Cc1ccc2nc(-c3ccc4nc(-c5ccc(NC(=O)c6cccc(CC(F)(F)F)c6)cc5)sc4c3)sc2c1S(=O)(=O)O. The van der Waals surface area contributed by atoms with Gasteiger partial charge in [0.25, 0.3) is 16.0 Å². The van der Waals surface area contributed by atoms with E-state index >= 15 is 0 Å². The highest BCUT2D eigenvalue weighted by Crippen LogP contribution is 2.38. The fourth-order valence-corrected chi connectivity index (χ4v) is 7.96. The van der Waals surface area contributed by atoms with Crippen molar-refractivity contribution in [3.05, 3.63) is 95.6 Å². The van der Waals surface area contributed by atoms with E-state index in [1.54, 1.807) is 43.3 Å². The summed E-state index contributed by atoms with van der Waals surface area (Å²) >= 11 is 2.64. The number of aryl methyl sites for hydroxylation is 1. The Kier molecular flexibility index (Phi) is 7.29. The van der Waals surface area contributed by atoms with E-state index in [0.29, 0.717) is 26.5 Å². The lowest BCUT2D eigenvalue weighted by Crippen LogP contribution is -2.14. The number of benzene rings is 4. The Morgan fingerprint density at radius 3 is 2.28 bits per heavy atom. The Balaban J connectivity index is 1.22. The molecule has 0 saturated carbocycles. The number of aromatic nitrogens is 2. The third-order valence-electron chi connectivity index (χ3n) is 6.59. The number of halogens is 3. The maximum absolute atomic E-state index is 12.7. The van der Waals surface area contributed by atoms with Gasteiger partial charge < -0.3 is 5.32 Å². The summed E-state index contributed by atoms with van der Waals surface area (Å²) < 4.78 is 73.2. The number of hydrogen-bond donors (Lipinski definition) is 2. The smallest absolute Gasteiger partial charge is 0.322 e. The minimum Gasteiger partial charge on any atom is -0.322 e. The summed E-state index contributed by atoms with van der Waals surface area (Å²) in [4.78, 5) is 21.8. The van der Waals surface area contributed by atoms with Crippen LogP contribution in [0.5, 0.6) is 0 Å². The fourth-order valence-electron chi connectivity index (χ4n) is 4.64. The quantitative estimate of drug-likeness (QED) is 0.178. The molecule has 6 rings (SSSR count). The summed E-state index contributed by atoms with van der Waals surface area (Å²) in [6, 6.07) is 21.4. The molecule has 43 heavy (non-hydrogen) atoms. The number of amides is 1. The van der Waals surface area contributed by atoms with E-state index in [1.165, 1.54) is 46.9 Å². The van der Waals surface area contributed by atoms with Crippen molar-refractivity contribution in [2.24, 2.45) is 0 Å². The first-order valence-electron chi connectivity index (χ1n) is 12.7. The molecule has 0 atom stereocenters. The highest BCUT2D eigenvalue weighted by atomic mass is 32.2. The van der Waals surface area contributed by atoms with Crippen LogP contribution in [0.2, 0.25) is 0 Å². The molecule has 0 spiro atoms. The van der Waals surface area contributed by atoms with Gasteiger partial charge in [-0.05, 0) is 78.7 Å². The first kappa shape index (κ1) is 28.9. The van der Waals surface area contributed by atoms with Gasteiger partial charge in [-0.15, -0.1) is 22.7 Å². The molecule has 4 aromatic carbocycles. The molecule has 0 aliphatic rings. The molecule has 218 valence electrons. The predicted octanol–water partition coefficient (Wildman–Crippen LogP) is 8.15. The van der Waals surface area contributed by atoms with Crippen LogP contribution in [0.25, 0.3) is 41.6 Å². The van der Waals surface area contributed by atoms with Crippen LogP contribution in [0, 0.1) is 6.92 Å². The van der Waals surface area contributed by atoms with Gasteiger partial charge >= 0.3 is 6.18 Å². The van der Waals surface area contributed by atoms with Crippen molar-refractivity contribution in [3.8, 4) is 21.1 Å². The zero-order valence-electron chi connectivity index (χ0n) is 22.1. The number of carbonyl (C=O) groups excluding carboxylic acids is 1. The Labute approximate surface area is 251 Å². The summed E-state index contributed by atoms with van der Waals surface area (Å²) in [7, 11) is -4.42. The molecule has 0 saturated heterocycles. The maximum Gasteiger partial charge on any atom is 0.393 e. The zero-order chi connectivity index (χ0) is 30.5. The van der Waals surface area contributed by atoms with Gasteiger partial charge in [0.2, 0.25) is 0 Å². The van der Waals surface area contributed by atoms with Crippen molar-refractivity contribution < 1.29 is 30.9 Å². The summed E-state index contributed by atoms with van der Waals surface area (Å²) in [5, 5.41) is 4.05.